The van der Waals surface area contributed by atoms with Gasteiger partial charge in [0.25, 0.3) is 0 Å². The van der Waals surface area contributed by atoms with Crippen molar-refractivity contribution in [1.82, 2.24) is 0 Å². The first-order valence-electron chi connectivity index (χ1n) is 13.7. The standard InChI is InChI=1S/C30H46O3/c1-18(2)19-10-15-30(25(32)33)17-16-28(6)20(24(19)30)8-9-22-27(5)13-12-23(31)26(3,4)21(27)11-14-29(22,28)7/h19-22,24H,1,8-17H2,2-7H3,(H,32,33)/t19-,20-,21-,22+,24-,27+,28-,29+,30+/m1/s1. The average Bonchev–Trinajstić information content (AvgIpc) is 3.13. The summed E-state index contributed by atoms with van der Waals surface area (Å²) in [5, 5.41) is 10.5. The molecule has 33 heavy (non-hydrogen) atoms. The molecule has 184 valence electrons. The van der Waals surface area contributed by atoms with Gasteiger partial charge in [0.05, 0.1) is 5.41 Å². The molecule has 3 heteroatoms. The second-order valence-electron chi connectivity index (χ2n) is 14.3. The molecule has 0 heterocycles. The van der Waals surface area contributed by atoms with Crippen molar-refractivity contribution in [3.05, 3.63) is 12.2 Å². The highest BCUT2D eigenvalue weighted by Gasteiger charge is 2.72. The Bertz CT molecular complexity index is 902. The Morgan fingerprint density at radius 1 is 0.879 bits per heavy atom. The van der Waals surface area contributed by atoms with Gasteiger partial charge < -0.3 is 5.11 Å². The number of hydrogen-bond donors (Lipinski definition) is 1. The van der Waals surface area contributed by atoms with Gasteiger partial charge in [-0.3, -0.25) is 9.59 Å². The van der Waals surface area contributed by atoms with E-state index in [-0.39, 0.29) is 27.6 Å². The van der Waals surface area contributed by atoms with E-state index in [4.69, 9.17) is 0 Å². The van der Waals surface area contributed by atoms with Crippen LogP contribution in [0, 0.1) is 56.7 Å². The molecule has 0 aromatic heterocycles. The predicted molar refractivity (Wildman–Crippen MR) is 132 cm³/mol. The summed E-state index contributed by atoms with van der Waals surface area (Å²) in [4.78, 5) is 25.7. The molecule has 0 radical (unpaired) electrons. The molecule has 0 aliphatic heterocycles. The Balaban J connectivity index is 1.57. The number of rotatable bonds is 2. The van der Waals surface area contributed by atoms with Crippen molar-refractivity contribution in [3.63, 3.8) is 0 Å². The van der Waals surface area contributed by atoms with Gasteiger partial charge in [0.2, 0.25) is 0 Å². The van der Waals surface area contributed by atoms with E-state index >= 15 is 0 Å². The molecule has 0 aromatic rings. The van der Waals surface area contributed by atoms with Crippen LogP contribution in [0.3, 0.4) is 0 Å². The van der Waals surface area contributed by atoms with Crippen molar-refractivity contribution >= 4 is 11.8 Å². The Hall–Kier alpha value is -1.12. The molecule has 0 aromatic carbocycles. The van der Waals surface area contributed by atoms with E-state index < -0.39 is 11.4 Å². The minimum atomic E-state index is -0.547. The van der Waals surface area contributed by atoms with Crippen LogP contribution < -0.4 is 0 Å². The third kappa shape index (κ3) is 2.69. The van der Waals surface area contributed by atoms with E-state index in [0.717, 1.165) is 51.4 Å². The minimum absolute atomic E-state index is 0.164. The number of carbonyl (C=O) groups is 2. The van der Waals surface area contributed by atoms with Gasteiger partial charge in [-0.2, -0.15) is 0 Å². The summed E-state index contributed by atoms with van der Waals surface area (Å²) < 4.78 is 0. The number of carboxylic acid groups (broad SMARTS) is 1. The monoisotopic (exact) mass is 454 g/mol. The van der Waals surface area contributed by atoms with E-state index in [2.05, 4.69) is 48.1 Å². The fourth-order valence-electron chi connectivity index (χ4n) is 11.3. The van der Waals surface area contributed by atoms with E-state index in [1.807, 2.05) is 0 Å². The molecule has 5 rings (SSSR count). The van der Waals surface area contributed by atoms with Crippen molar-refractivity contribution in [2.24, 2.45) is 56.7 Å². The van der Waals surface area contributed by atoms with Crippen LogP contribution in [-0.2, 0) is 9.59 Å². The molecule has 0 saturated heterocycles. The zero-order chi connectivity index (χ0) is 24.2. The van der Waals surface area contributed by atoms with Crippen molar-refractivity contribution < 1.29 is 14.7 Å². The number of carbonyl (C=O) groups excluding carboxylic acids is 1. The van der Waals surface area contributed by atoms with Gasteiger partial charge in [-0.25, -0.2) is 0 Å². The molecule has 0 unspecified atom stereocenters. The smallest absolute Gasteiger partial charge is 0.309 e. The van der Waals surface area contributed by atoms with Crippen LogP contribution in [0.2, 0.25) is 0 Å². The lowest BCUT2D eigenvalue weighted by molar-refractivity contribution is -0.235. The van der Waals surface area contributed by atoms with Crippen molar-refractivity contribution in [3.8, 4) is 0 Å². The second kappa shape index (κ2) is 6.97. The Morgan fingerprint density at radius 3 is 2.21 bits per heavy atom. The van der Waals surface area contributed by atoms with Gasteiger partial charge in [-0.15, -0.1) is 0 Å². The zero-order valence-corrected chi connectivity index (χ0v) is 21.9. The maximum absolute atomic E-state index is 12.9. The highest BCUT2D eigenvalue weighted by molar-refractivity contribution is 5.85. The van der Waals surface area contributed by atoms with Crippen LogP contribution in [0.25, 0.3) is 0 Å². The predicted octanol–water partition coefficient (Wildman–Crippen LogP) is 7.30. The molecule has 5 aliphatic rings. The lowest BCUT2D eigenvalue weighted by Crippen LogP contribution is -2.66. The summed E-state index contributed by atoms with van der Waals surface area (Å²) in [6.07, 6.45) is 10.1. The first-order valence-corrected chi connectivity index (χ1v) is 13.7. The maximum atomic E-state index is 12.9. The number of fused-ring (bicyclic) bond motifs is 7. The highest BCUT2D eigenvalue weighted by Crippen LogP contribution is 2.77. The molecule has 5 saturated carbocycles. The molecule has 0 spiro atoms. The molecule has 0 bridgehead atoms. The van der Waals surface area contributed by atoms with Crippen LogP contribution in [-0.4, -0.2) is 16.9 Å². The summed E-state index contributed by atoms with van der Waals surface area (Å²) >= 11 is 0. The fraction of sp³-hybridized carbons (Fsp3) is 0.867. The lowest BCUT2D eigenvalue weighted by atomic mass is 9.32. The third-order valence-corrected chi connectivity index (χ3v) is 13.2. The fourth-order valence-corrected chi connectivity index (χ4v) is 11.3. The number of ketones is 1. The van der Waals surface area contributed by atoms with Crippen molar-refractivity contribution in [1.29, 1.82) is 0 Å². The second-order valence-corrected chi connectivity index (χ2v) is 14.3. The molecule has 9 atom stereocenters. The summed E-state index contributed by atoms with van der Waals surface area (Å²) in [6, 6.07) is 0. The van der Waals surface area contributed by atoms with Gasteiger partial charge in [0.1, 0.15) is 5.78 Å². The number of aliphatic carboxylic acids is 1. The van der Waals surface area contributed by atoms with E-state index in [1.165, 1.54) is 18.4 Å². The molecular weight excluding hydrogens is 408 g/mol. The number of Topliss-reactive ketones (excluding diaryl/α,β-unsaturated/α-hetero) is 1. The van der Waals surface area contributed by atoms with E-state index in [0.29, 0.717) is 29.5 Å². The van der Waals surface area contributed by atoms with Crippen LogP contribution >= 0.6 is 0 Å². The Morgan fingerprint density at radius 2 is 1.58 bits per heavy atom. The SMILES string of the molecule is C=C(C)[C@H]1CC[C@]2(C(=O)O)CC[C@]3(C)[C@H](CC[C@H]4[C@@]5(C)CCC(=O)C(C)(C)[C@H]5CC[C@@]43C)[C@@H]12. The lowest BCUT2D eigenvalue weighted by Gasteiger charge is -2.72. The molecule has 0 amide bonds. The largest absolute Gasteiger partial charge is 0.481 e. The van der Waals surface area contributed by atoms with Crippen molar-refractivity contribution in [2.75, 3.05) is 0 Å². The van der Waals surface area contributed by atoms with Crippen LogP contribution in [0.5, 0.6) is 0 Å². The summed E-state index contributed by atoms with van der Waals surface area (Å²) in [6.45, 7) is 18.5. The maximum Gasteiger partial charge on any atom is 0.309 e. The summed E-state index contributed by atoms with van der Waals surface area (Å²) in [7, 11) is 0. The van der Waals surface area contributed by atoms with E-state index in [1.54, 1.807) is 0 Å². The molecule has 3 nitrogen and oxygen atoms in total. The van der Waals surface area contributed by atoms with Gasteiger partial charge in [-0.1, -0.05) is 46.8 Å². The van der Waals surface area contributed by atoms with Crippen LogP contribution in [0.1, 0.15) is 106 Å². The van der Waals surface area contributed by atoms with Crippen molar-refractivity contribution in [2.45, 2.75) is 106 Å². The quantitative estimate of drug-likeness (QED) is 0.445. The summed E-state index contributed by atoms with van der Waals surface area (Å²) in [5.41, 5.74) is 1.03. The van der Waals surface area contributed by atoms with Gasteiger partial charge in [0, 0.05) is 11.8 Å². The topological polar surface area (TPSA) is 54.4 Å². The van der Waals surface area contributed by atoms with Crippen LogP contribution in [0.15, 0.2) is 12.2 Å². The minimum Gasteiger partial charge on any atom is -0.481 e. The third-order valence-electron chi connectivity index (χ3n) is 13.2. The first-order chi connectivity index (χ1) is 15.3. The first kappa shape index (κ1) is 23.6. The number of allylic oxidation sites excluding steroid dienone is 1. The van der Waals surface area contributed by atoms with Crippen LogP contribution in [0.4, 0.5) is 0 Å². The molecular formula is C30H46O3. The van der Waals surface area contributed by atoms with Gasteiger partial charge in [0.15, 0.2) is 0 Å². The Kier molecular flexibility index (Phi) is 4.99. The van der Waals surface area contributed by atoms with Gasteiger partial charge in [-0.05, 0) is 111 Å². The zero-order valence-electron chi connectivity index (χ0n) is 21.9. The highest BCUT2D eigenvalue weighted by atomic mass is 16.4. The molecule has 1 N–H and O–H groups in total. The molecule has 5 fully saturated rings. The number of carboxylic acids is 1. The van der Waals surface area contributed by atoms with Gasteiger partial charge >= 0.3 is 5.97 Å². The summed E-state index contributed by atoms with van der Waals surface area (Å²) in [5.74, 6) is 2.07. The number of hydrogen-bond acceptors (Lipinski definition) is 2. The Labute approximate surface area is 201 Å². The average molecular weight is 455 g/mol. The van der Waals surface area contributed by atoms with E-state index in [9.17, 15) is 14.7 Å². The normalized spacial score (nSPS) is 52.8. The molecule has 5 aliphatic carbocycles.